The van der Waals surface area contributed by atoms with Gasteiger partial charge in [0.1, 0.15) is 5.75 Å². The zero-order chi connectivity index (χ0) is 15.4. The summed E-state index contributed by atoms with van der Waals surface area (Å²) in [5, 5.41) is 6.02. The van der Waals surface area contributed by atoms with Crippen molar-refractivity contribution in [3.05, 3.63) is 27.7 Å². The van der Waals surface area contributed by atoms with Gasteiger partial charge in [-0.2, -0.15) is 0 Å². The van der Waals surface area contributed by atoms with Crippen molar-refractivity contribution in [3.63, 3.8) is 0 Å². The minimum Gasteiger partial charge on any atom is -0.482 e. The fourth-order valence-corrected chi connectivity index (χ4v) is 2.35. The molecule has 114 valence electrons. The molecule has 1 aliphatic rings. The maximum Gasteiger partial charge on any atom is 0.318 e. The third kappa shape index (κ3) is 5.08. The lowest BCUT2D eigenvalue weighted by Gasteiger charge is -2.14. The zero-order valence-corrected chi connectivity index (χ0v) is 12.6. The predicted octanol–water partition coefficient (Wildman–Crippen LogP) is 1.82. The van der Waals surface area contributed by atoms with E-state index in [4.69, 9.17) is 33.7 Å². The molecule has 0 unspecified atom stereocenters. The number of benzene rings is 1. The van der Waals surface area contributed by atoms with Gasteiger partial charge in [0.25, 0.3) is 5.91 Å². The van der Waals surface area contributed by atoms with Crippen LogP contribution in [0.5, 0.6) is 5.75 Å². The van der Waals surface area contributed by atoms with Crippen molar-refractivity contribution in [3.8, 4) is 5.75 Å². The first-order chi connectivity index (χ1) is 9.95. The Morgan fingerprint density at radius 2 is 2.05 bits per heavy atom. The van der Waals surface area contributed by atoms with Gasteiger partial charge >= 0.3 is 6.03 Å². The normalized spacial score (nSPS) is 13.8. The van der Waals surface area contributed by atoms with Crippen molar-refractivity contribution in [2.45, 2.75) is 25.4 Å². The molecule has 6 nitrogen and oxygen atoms in total. The highest BCUT2D eigenvalue weighted by molar-refractivity contribution is 6.35. The van der Waals surface area contributed by atoms with Gasteiger partial charge in [0.15, 0.2) is 6.61 Å². The Morgan fingerprint density at radius 1 is 1.33 bits per heavy atom. The number of urea groups is 1. The van der Waals surface area contributed by atoms with Crippen LogP contribution in [0.2, 0.25) is 10.0 Å². The molecule has 1 aromatic carbocycles. The van der Waals surface area contributed by atoms with Crippen molar-refractivity contribution in [2.75, 3.05) is 6.61 Å². The highest BCUT2D eigenvalue weighted by Gasteiger charge is 2.21. The number of nitrogens with two attached hydrogens (primary N) is 1. The lowest BCUT2D eigenvalue weighted by atomic mass is 10.2. The highest BCUT2D eigenvalue weighted by Crippen LogP contribution is 2.33. The van der Waals surface area contributed by atoms with E-state index in [1.165, 1.54) is 6.07 Å². The van der Waals surface area contributed by atoms with Crippen molar-refractivity contribution in [1.82, 2.24) is 10.6 Å². The van der Waals surface area contributed by atoms with Crippen molar-refractivity contribution < 1.29 is 14.3 Å². The van der Waals surface area contributed by atoms with E-state index < -0.39 is 11.9 Å². The van der Waals surface area contributed by atoms with Crippen LogP contribution >= 0.6 is 23.2 Å². The summed E-state index contributed by atoms with van der Waals surface area (Å²) in [7, 11) is 0. The van der Waals surface area contributed by atoms with Gasteiger partial charge in [-0.15, -0.1) is 0 Å². The van der Waals surface area contributed by atoms with E-state index in [1.54, 1.807) is 6.07 Å². The molecule has 0 bridgehead atoms. The second-order valence-electron chi connectivity index (χ2n) is 4.73. The molecule has 1 aliphatic carbocycles. The predicted molar refractivity (Wildman–Crippen MR) is 79.5 cm³/mol. The van der Waals surface area contributed by atoms with Gasteiger partial charge in [-0.3, -0.25) is 10.1 Å². The summed E-state index contributed by atoms with van der Waals surface area (Å²) in [5.41, 5.74) is 5.61. The van der Waals surface area contributed by atoms with Crippen LogP contribution < -0.4 is 21.1 Å². The lowest BCUT2D eigenvalue weighted by molar-refractivity contribution is -0.121. The van der Waals surface area contributed by atoms with Gasteiger partial charge in [-0.05, 0) is 25.0 Å². The van der Waals surface area contributed by atoms with Crippen LogP contribution in [-0.4, -0.2) is 24.6 Å². The minimum absolute atomic E-state index is 0.307. The Morgan fingerprint density at radius 3 is 2.67 bits per heavy atom. The number of hydrogen-bond acceptors (Lipinski definition) is 4. The number of imide groups is 1. The van der Waals surface area contributed by atoms with Crippen LogP contribution in [0, 0.1) is 0 Å². The second kappa shape index (κ2) is 6.98. The van der Waals surface area contributed by atoms with Gasteiger partial charge in [0, 0.05) is 23.2 Å². The van der Waals surface area contributed by atoms with Crippen LogP contribution in [0.1, 0.15) is 18.4 Å². The molecule has 0 radical (unpaired) electrons. The number of carbonyl (C=O) groups is 2. The quantitative estimate of drug-likeness (QED) is 0.741. The number of ether oxygens (including phenoxy) is 1. The summed E-state index contributed by atoms with van der Waals surface area (Å²) in [5.74, 6) is -0.275. The average molecular weight is 332 g/mol. The van der Waals surface area contributed by atoms with Gasteiger partial charge in [-0.1, -0.05) is 23.2 Å². The van der Waals surface area contributed by atoms with Crippen LogP contribution in [0.15, 0.2) is 12.1 Å². The van der Waals surface area contributed by atoms with E-state index in [0.717, 1.165) is 18.4 Å². The van der Waals surface area contributed by atoms with Crippen LogP contribution in [-0.2, 0) is 11.3 Å². The fraction of sp³-hybridized carbons (Fsp3) is 0.385. The van der Waals surface area contributed by atoms with E-state index in [2.05, 4.69) is 5.32 Å². The Bertz CT molecular complexity index is 562. The maximum absolute atomic E-state index is 11.4. The van der Waals surface area contributed by atoms with E-state index in [0.29, 0.717) is 28.4 Å². The van der Waals surface area contributed by atoms with E-state index >= 15 is 0 Å². The first kappa shape index (κ1) is 15.9. The van der Waals surface area contributed by atoms with Crippen LogP contribution in [0.3, 0.4) is 0 Å². The summed E-state index contributed by atoms with van der Waals surface area (Å²) >= 11 is 12.1. The highest BCUT2D eigenvalue weighted by atomic mass is 35.5. The molecule has 2 rings (SSSR count). The standard InChI is InChI=1S/C13H15Cl2N3O3/c14-8-3-7(5-17-9-1-2-9)12(10(15)4-8)21-6-11(19)18-13(16)20/h3-4,9,17H,1-2,5-6H2,(H3,16,18,19,20). The molecule has 0 saturated heterocycles. The molecule has 8 heteroatoms. The average Bonchev–Trinajstić information content (AvgIpc) is 3.17. The molecule has 0 heterocycles. The molecule has 0 aliphatic heterocycles. The molecule has 1 aromatic rings. The number of rotatable bonds is 6. The number of nitrogens with one attached hydrogen (secondary N) is 2. The zero-order valence-electron chi connectivity index (χ0n) is 11.1. The third-order valence-corrected chi connectivity index (χ3v) is 3.35. The fourth-order valence-electron chi connectivity index (χ4n) is 1.76. The molecular weight excluding hydrogens is 317 g/mol. The Hall–Kier alpha value is -1.50. The van der Waals surface area contributed by atoms with Crippen molar-refractivity contribution in [1.29, 1.82) is 0 Å². The molecule has 21 heavy (non-hydrogen) atoms. The first-order valence-corrected chi connectivity index (χ1v) is 7.14. The largest absolute Gasteiger partial charge is 0.482 e. The van der Waals surface area contributed by atoms with E-state index in [-0.39, 0.29) is 6.61 Å². The van der Waals surface area contributed by atoms with Crippen molar-refractivity contribution in [2.24, 2.45) is 5.73 Å². The molecule has 3 amide bonds. The number of primary amides is 1. The molecule has 0 aromatic heterocycles. The summed E-state index contributed by atoms with van der Waals surface area (Å²) in [6.45, 7) is 0.179. The monoisotopic (exact) mass is 331 g/mol. The van der Waals surface area contributed by atoms with Crippen molar-refractivity contribution >= 4 is 35.1 Å². The summed E-state index contributed by atoms with van der Waals surface area (Å²) < 4.78 is 5.39. The number of halogens is 2. The summed E-state index contributed by atoms with van der Waals surface area (Å²) in [4.78, 5) is 21.9. The van der Waals surface area contributed by atoms with E-state index in [1.807, 2.05) is 5.32 Å². The second-order valence-corrected chi connectivity index (χ2v) is 5.58. The smallest absolute Gasteiger partial charge is 0.318 e. The Balaban J connectivity index is 2.04. The summed E-state index contributed by atoms with van der Waals surface area (Å²) in [6.07, 6.45) is 2.29. The number of amides is 3. The van der Waals surface area contributed by atoms with Gasteiger partial charge in [0.05, 0.1) is 5.02 Å². The lowest BCUT2D eigenvalue weighted by Crippen LogP contribution is -2.38. The third-order valence-electron chi connectivity index (χ3n) is 2.85. The summed E-state index contributed by atoms with van der Waals surface area (Å²) in [6, 6.07) is 2.84. The molecule has 4 N–H and O–H groups in total. The minimum atomic E-state index is -0.929. The Labute approximate surface area is 131 Å². The number of hydrogen-bond donors (Lipinski definition) is 3. The van der Waals surface area contributed by atoms with E-state index in [9.17, 15) is 9.59 Å². The molecule has 1 fully saturated rings. The topological polar surface area (TPSA) is 93.5 Å². The SMILES string of the molecule is NC(=O)NC(=O)COc1c(Cl)cc(Cl)cc1CNC1CC1. The number of carbonyl (C=O) groups excluding carboxylic acids is 2. The molecule has 0 atom stereocenters. The van der Waals surface area contributed by atoms with Crippen LogP contribution in [0.25, 0.3) is 0 Å². The van der Waals surface area contributed by atoms with Crippen LogP contribution in [0.4, 0.5) is 4.79 Å². The van der Waals surface area contributed by atoms with Gasteiger partial charge in [-0.25, -0.2) is 4.79 Å². The maximum atomic E-state index is 11.4. The molecular formula is C13H15Cl2N3O3. The molecule has 0 spiro atoms. The van der Waals surface area contributed by atoms with Gasteiger partial charge < -0.3 is 15.8 Å². The Kier molecular flexibility index (Phi) is 5.27. The molecule has 1 saturated carbocycles. The van der Waals surface area contributed by atoms with Gasteiger partial charge in [0.2, 0.25) is 0 Å². The first-order valence-electron chi connectivity index (χ1n) is 6.39.